The highest BCUT2D eigenvalue weighted by molar-refractivity contribution is 9.10. The van der Waals surface area contributed by atoms with Gasteiger partial charge in [-0.2, -0.15) is 0 Å². The van der Waals surface area contributed by atoms with Crippen molar-refractivity contribution in [1.82, 2.24) is 4.90 Å². The summed E-state index contributed by atoms with van der Waals surface area (Å²) in [5.74, 6) is 0.857. The van der Waals surface area contributed by atoms with Crippen molar-refractivity contribution in [3.05, 3.63) is 33.8 Å². The zero-order chi connectivity index (χ0) is 13.1. The summed E-state index contributed by atoms with van der Waals surface area (Å²) in [7, 11) is 0. The van der Waals surface area contributed by atoms with E-state index in [9.17, 15) is 0 Å². The van der Waals surface area contributed by atoms with Crippen LogP contribution in [0.25, 0.3) is 0 Å². The number of likely N-dealkylation sites (tertiary alicyclic amines) is 1. The van der Waals surface area contributed by atoms with E-state index in [1.54, 1.807) is 0 Å². The molecule has 0 amide bonds. The van der Waals surface area contributed by atoms with Crippen LogP contribution in [0, 0.1) is 12.8 Å². The lowest BCUT2D eigenvalue weighted by molar-refractivity contribution is 0.241. The molecule has 1 aromatic carbocycles. The predicted molar refractivity (Wildman–Crippen MR) is 80.6 cm³/mol. The Hall–Kier alpha value is -0.380. The first-order chi connectivity index (χ1) is 8.65. The number of rotatable bonds is 4. The molecule has 2 nitrogen and oxygen atoms in total. The predicted octanol–water partition coefficient (Wildman–Crippen LogP) is 3.49. The summed E-state index contributed by atoms with van der Waals surface area (Å²) in [5, 5.41) is 0. The van der Waals surface area contributed by atoms with Gasteiger partial charge < -0.3 is 5.73 Å². The van der Waals surface area contributed by atoms with Gasteiger partial charge in [-0.15, -0.1) is 0 Å². The number of hydrogen-bond donors (Lipinski definition) is 1. The van der Waals surface area contributed by atoms with Gasteiger partial charge in [-0.1, -0.05) is 41.4 Å². The zero-order valence-electron chi connectivity index (χ0n) is 11.3. The molecule has 1 saturated heterocycles. The third-order valence-electron chi connectivity index (χ3n) is 4.13. The number of halogens is 1. The van der Waals surface area contributed by atoms with Gasteiger partial charge in [-0.3, -0.25) is 4.90 Å². The van der Waals surface area contributed by atoms with E-state index in [-0.39, 0.29) is 0 Å². The Kier molecular flexibility index (Phi) is 4.82. The molecule has 0 aromatic heterocycles. The fraction of sp³-hybridized carbons (Fsp3) is 0.600. The molecule has 1 aliphatic rings. The molecule has 1 heterocycles. The van der Waals surface area contributed by atoms with Crippen molar-refractivity contribution < 1.29 is 0 Å². The van der Waals surface area contributed by atoms with Gasteiger partial charge in [0.2, 0.25) is 0 Å². The molecule has 18 heavy (non-hydrogen) atoms. The lowest BCUT2D eigenvalue weighted by Gasteiger charge is -2.27. The van der Waals surface area contributed by atoms with Crippen LogP contribution in [0.3, 0.4) is 0 Å². The van der Waals surface area contributed by atoms with Crippen molar-refractivity contribution in [2.24, 2.45) is 11.7 Å². The Bertz CT molecular complexity index is 405. The van der Waals surface area contributed by atoms with Crippen molar-refractivity contribution >= 4 is 15.9 Å². The molecule has 1 fully saturated rings. The summed E-state index contributed by atoms with van der Waals surface area (Å²) in [6, 6.07) is 6.99. The highest BCUT2D eigenvalue weighted by atomic mass is 79.9. The lowest BCUT2D eigenvalue weighted by Crippen LogP contribution is -2.32. The number of aryl methyl sites for hydroxylation is 1. The first-order valence-corrected chi connectivity index (χ1v) is 7.65. The van der Waals surface area contributed by atoms with Crippen LogP contribution in [0.4, 0.5) is 0 Å². The van der Waals surface area contributed by atoms with Crippen molar-refractivity contribution in [2.45, 2.75) is 32.7 Å². The Morgan fingerprint density at radius 3 is 2.83 bits per heavy atom. The molecule has 0 spiro atoms. The summed E-state index contributed by atoms with van der Waals surface area (Å²) in [6.45, 7) is 7.52. The van der Waals surface area contributed by atoms with Crippen LogP contribution in [0.2, 0.25) is 0 Å². The molecule has 2 rings (SSSR count). The van der Waals surface area contributed by atoms with Crippen molar-refractivity contribution in [1.29, 1.82) is 0 Å². The molecule has 2 unspecified atom stereocenters. The third kappa shape index (κ3) is 2.95. The molecule has 100 valence electrons. The van der Waals surface area contributed by atoms with Gasteiger partial charge >= 0.3 is 0 Å². The molecule has 0 bridgehead atoms. The monoisotopic (exact) mass is 310 g/mol. The summed E-state index contributed by atoms with van der Waals surface area (Å²) >= 11 is 3.56. The average Bonchev–Trinajstić information content (AvgIpc) is 2.83. The highest BCUT2D eigenvalue weighted by Crippen LogP contribution is 2.30. The fourth-order valence-corrected chi connectivity index (χ4v) is 3.10. The molecule has 1 aromatic rings. The van der Waals surface area contributed by atoms with Gasteiger partial charge in [0.05, 0.1) is 0 Å². The van der Waals surface area contributed by atoms with Crippen LogP contribution < -0.4 is 5.73 Å². The van der Waals surface area contributed by atoms with E-state index >= 15 is 0 Å². The SMILES string of the molecule is CCC1CCN(C(CN)c2ccc(Br)c(C)c2)C1. The smallest absolute Gasteiger partial charge is 0.0470 e. The second-order valence-corrected chi connectivity index (χ2v) is 6.17. The highest BCUT2D eigenvalue weighted by Gasteiger charge is 2.27. The second-order valence-electron chi connectivity index (χ2n) is 5.32. The van der Waals surface area contributed by atoms with Crippen LogP contribution in [-0.4, -0.2) is 24.5 Å². The minimum atomic E-state index is 0.383. The van der Waals surface area contributed by atoms with Gasteiger partial charge in [0.15, 0.2) is 0 Å². The van der Waals surface area contributed by atoms with Gasteiger partial charge in [-0.05, 0) is 43.0 Å². The first-order valence-electron chi connectivity index (χ1n) is 6.85. The van der Waals surface area contributed by atoms with Gasteiger partial charge in [-0.25, -0.2) is 0 Å². The summed E-state index contributed by atoms with van der Waals surface area (Å²) in [5.41, 5.74) is 8.65. The number of nitrogens with zero attached hydrogens (tertiary/aromatic N) is 1. The first kappa shape index (κ1) is 14.0. The maximum Gasteiger partial charge on any atom is 0.0470 e. The van der Waals surface area contributed by atoms with Gasteiger partial charge in [0, 0.05) is 23.6 Å². The molecule has 0 radical (unpaired) electrons. The number of hydrogen-bond acceptors (Lipinski definition) is 2. The van der Waals surface area contributed by atoms with Crippen LogP contribution in [-0.2, 0) is 0 Å². The van der Waals surface area contributed by atoms with Crippen LogP contribution in [0.5, 0.6) is 0 Å². The van der Waals surface area contributed by atoms with E-state index in [4.69, 9.17) is 5.73 Å². The molecule has 2 N–H and O–H groups in total. The normalized spacial score (nSPS) is 22.3. The maximum absolute atomic E-state index is 6.01. The van der Waals surface area contributed by atoms with Crippen LogP contribution in [0.1, 0.15) is 36.9 Å². The fourth-order valence-electron chi connectivity index (χ4n) is 2.85. The quantitative estimate of drug-likeness (QED) is 0.922. The van der Waals surface area contributed by atoms with E-state index < -0.39 is 0 Å². The average molecular weight is 311 g/mol. The Balaban J connectivity index is 2.15. The van der Waals surface area contributed by atoms with Crippen molar-refractivity contribution in [3.8, 4) is 0 Å². The molecule has 0 aliphatic carbocycles. The van der Waals surface area contributed by atoms with Crippen LogP contribution >= 0.6 is 15.9 Å². The van der Waals surface area contributed by atoms with E-state index in [2.05, 4.69) is 52.9 Å². The number of benzene rings is 1. The Morgan fingerprint density at radius 1 is 1.50 bits per heavy atom. The van der Waals surface area contributed by atoms with Crippen molar-refractivity contribution in [2.75, 3.05) is 19.6 Å². The zero-order valence-corrected chi connectivity index (χ0v) is 12.9. The van der Waals surface area contributed by atoms with Crippen molar-refractivity contribution in [3.63, 3.8) is 0 Å². The van der Waals surface area contributed by atoms with E-state index in [1.807, 2.05) is 0 Å². The van der Waals surface area contributed by atoms with E-state index in [0.29, 0.717) is 12.6 Å². The largest absolute Gasteiger partial charge is 0.329 e. The number of nitrogens with two attached hydrogens (primary N) is 1. The van der Waals surface area contributed by atoms with Gasteiger partial charge in [0.25, 0.3) is 0 Å². The summed E-state index contributed by atoms with van der Waals surface area (Å²) in [4.78, 5) is 2.55. The molecule has 1 aliphatic heterocycles. The Morgan fingerprint density at radius 2 is 2.28 bits per heavy atom. The molecule has 2 atom stereocenters. The standard InChI is InChI=1S/C15H23BrN2/c1-3-12-6-7-18(10-12)15(9-17)13-4-5-14(16)11(2)8-13/h4-5,8,12,15H,3,6-7,9-10,17H2,1-2H3. The second kappa shape index (κ2) is 6.18. The van der Waals surface area contributed by atoms with E-state index in [0.717, 1.165) is 5.92 Å². The molecule has 3 heteroatoms. The van der Waals surface area contributed by atoms with E-state index in [1.165, 1.54) is 41.5 Å². The molecular weight excluding hydrogens is 288 g/mol. The topological polar surface area (TPSA) is 29.3 Å². The molecule has 0 saturated carbocycles. The summed E-state index contributed by atoms with van der Waals surface area (Å²) in [6.07, 6.45) is 2.61. The minimum absolute atomic E-state index is 0.383. The minimum Gasteiger partial charge on any atom is -0.329 e. The lowest BCUT2D eigenvalue weighted by atomic mass is 10.0. The van der Waals surface area contributed by atoms with Gasteiger partial charge in [0.1, 0.15) is 0 Å². The molecular formula is C15H23BrN2. The maximum atomic E-state index is 6.01. The third-order valence-corrected chi connectivity index (χ3v) is 5.02. The summed E-state index contributed by atoms with van der Waals surface area (Å²) < 4.78 is 1.18. The Labute approximate surface area is 119 Å². The van der Waals surface area contributed by atoms with Crippen LogP contribution in [0.15, 0.2) is 22.7 Å².